The number of amides is 2. The molecule has 6 heteroatoms. The normalized spacial score (nSPS) is 19.4. The van der Waals surface area contributed by atoms with Crippen LogP contribution in [0.2, 0.25) is 0 Å². The van der Waals surface area contributed by atoms with Gasteiger partial charge in [0.15, 0.2) is 0 Å². The van der Waals surface area contributed by atoms with Gasteiger partial charge >= 0.3 is 0 Å². The van der Waals surface area contributed by atoms with Crippen molar-refractivity contribution in [3.05, 3.63) is 35.9 Å². The standard InChI is InChI=1S/C20H29N3O3/c24-19(17-7-4-8-17)22-18(15-16-5-2-1-3-6-16)20(25)21-9-10-23-11-13-26-14-12-23/h1-3,5-6,17-18H,4,7-15H2,(H,21,25)(H,22,24). The molecule has 1 unspecified atom stereocenters. The Morgan fingerprint density at radius 2 is 1.88 bits per heavy atom. The van der Waals surface area contributed by atoms with Crippen molar-refractivity contribution in [2.45, 2.75) is 31.7 Å². The summed E-state index contributed by atoms with van der Waals surface area (Å²) in [6, 6.07) is 9.32. The minimum absolute atomic E-state index is 0.0144. The number of hydrogen-bond acceptors (Lipinski definition) is 4. The predicted molar refractivity (Wildman–Crippen MR) is 99.7 cm³/mol. The Morgan fingerprint density at radius 3 is 2.54 bits per heavy atom. The summed E-state index contributed by atoms with van der Waals surface area (Å²) >= 11 is 0. The maximum Gasteiger partial charge on any atom is 0.242 e. The fourth-order valence-electron chi connectivity index (χ4n) is 3.30. The van der Waals surface area contributed by atoms with E-state index in [0.29, 0.717) is 13.0 Å². The fraction of sp³-hybridized carbons (Fsp3) is 0.600. The van der Waals surface area contributed by atoms with Crippen molar-refractivity contribution < 1.29 is 14.3 Å². The Bertz CT molecular complexity index is 583. The molecule has 1 saturated carbocycles. The lowest BCUT2D eigenvalue weighted by Crippen LogP contribution is -2.51. The van der Waals surface area contributed by atoms with E-state index in [1.54, 1.807) is 0 Å². The summed E-state index contributed by atoms with van der Waals surface area (Å²) in [5.41, 5.74) is 1.05. The molecule has 1 aliphatic carbocycles. The summed E-state index contributed by atoms with van der Waals surface area (Å²) in [7, 11) is 0. The van der Waals surface area contributed by atoms with Crippen LogP contribution in [0.25, 0.3) is 0 Å². The summed E-state index contributed by atoms with van der Waals surface area (Å²) in [5, 5.41) is 5.97. The smallest absolute Gasteiger partial charge is 0.242 e. The molecule has 0 bridgehead atoms. The van der Waals surface area contributed by atoms with Gasteiger partial charge in [0.05, 0.1) is 13.2 Å². The van der Waals surface area contributed by atoms with Gasteiger partial charge in [-0.15, -0.1) is 0 Å². The van der Waals surface area contributed by atoms with Crippen LogP contribution in [0, 0.1) is 5.92 Å². The third-order valence-corrected chi connectivity index (χ3v) is 5.22. The quantitative estimate of drug-likeness (QED) is 0.725. The molecule has 6 nitrogen and oxygen atoms in total. The number of ether oxygens (including phenoxy) is 1. The zero-order valence-electron chi connectivity index (χ0n) is 15.3. The molecule has 26 heavy (non-hydrogen) atoms. The van der Waals surface area contributed by atoms with Crippen molar-refractivity contribution >= 4 is 11.8 Å². The summed E-state index contributed by atoms with van der Waals surface area (Å²) in [5.74, 6) is -0.00952. The Morgan fingerprint density at radius 1 is 1.15 bits per heavy atom. The highest BCUT2D eigenvalue weighted by atomic mass is 16.5. The molecule has 3 rings (SSSR count). The Kier molecular flexibility index (Phi) is 7.03. The SMILES string of the molecule is O=C(NC(Cc1ccccc1)C(=O)NCCN1CCOCC1)C1CCC1. The van der Waals surface area contributed by atoms with Crippen LogP contribution in [0.15, 0.2) is 30.3 Å². The lowest BCUT2D eigenvalue weighted by atomic mass is 9.84. The number of rotatable bonds is 8. The van der Waals surface area contributed by atoms with E-state index in [2.05, 4.69) is 15.5 Å². The molecular formula is C20H29N3O3. The molecule has 2 fully saturated rings. The van der Waals surface area contributed by atoms with Crippen LogP contribution >= 0.6 is 0 Å². The molecule has 0 aromatic heterocycles. The molecule has 0 radical (unpaired) electrons. The van der Waals surface area contributed by atoms with E-state index in [1.807, 2.05) is 30.3 Å². The van der Waals surface area contributed by atoms with Gasteiger partial charge in [0.2, 0.25) is 11.8 Å². The highest BCUT2D eigenvalue weighted by Gasteiger charge is 2.29. The monoisotopic (exact) mass is 359 g/mol. The zero-order valence-corrected chi connectivity index (χ0v) is 15.3. The molecule has 2 amide bonds. The summed E-state index contributed by atoms with van der Waals surface area (Å²) in [6.07, 6.45) is 3.49. The van der Waals surface area contributed by atoms with Gasteiger partial charge in [-0.05, 0) is 18.4 Å². The van der Waals surface area contributed by atoms with Crippen molar-refractivity contribution in [2.24, 2.45) is 5.92 Å². The van der Waals surface area contributed by atoms with Crippen LogP contribution in [0.4, 0.5) is 0 Å². The summed E-state index contributed by atoms with van der Waals surface area (Å²) < 4.78 is 5.34. The Labute approximate surface area is 155 Å². The summed E-state index contributed by atoms with van der Waals surface area (Å²) in [4.78, 5) is 27.3. The number of morpholine rings is 1. The van der Waals surface area contributed by atoms with Gasteiger partial charge in [-0.25, -0.2) is 0 Å². The first kappa shape index (κ1) is 18.9. The van der Waals surface area contributed by atoms with Gasteiger partial charge < -0.3 is 15.4 Å². The average molecular weight is 359 g/mol. The first-order valence-electron chi connectivity index (χ1n) is 9.64. The van der Waals surface area contributed by atoms with Crippen LogP contribution < -0.4 is 10.6 Å². The van der Waals surface area contributed by atoms with Gasteiger partial charge in [0.1, 0.15) is 6.04 Å². The number of nitrogens with zero attached hydrogens (tertiary/aromatic N) is 1. The van der Waals surface area contributed by atoms with Gasteiger partial charge in [-0.1, -0.05) is 36.8 Å². The van der Waals surface area contributed by atoms with E-state index in [0.717, 1.165) is 57.7 Å². The van der Waals surface area contributed by atoms with E-state index >= 15 is 0 Å². The van der Waals surface area contributed by atoms with Crippen molar-refractivity contribution in [3.63, 3.8) is 0 Å². The molecule has 1 aromatic carbocycles. The van der Waals surface area contributed by atoms with Gasteiger partial charge in [-0.2, -0.15) is 0 Å². The van der Waals surface area contributed by atoms with Crippen molar-refractivity contribution in [1.82, 2.24) is 15.5 Å². The largest absolute Gasteiger partial charge is 0.379 e. The minimum atomic E-state index is -0.518. The van der Waals surface area contributed by atoms with Crippen molar-refractivity contribution in [3.8, 4) is 0 Å². The minimum Gasteiger partial charge on any atom is -0.379 e. The van der Waals surface area contributed by atoms with Crippen LogP contribution in [-0.4, -0.2) is 62.1 Å². The lowest BCUT2D eigenvalue weighted by Gasteiger charge is -2.28. The second kappa shape index (κ2) is 9.69. The van der Waals surface area contributed by atoms with Crippen molar-refractivity contribution in [1.29, 1.82) is 0 Å². The second-order valence-electron chi connectivity index (χ2n) is 7.12. The number of carbonyl (C=O) groups excluding carboxylic acids is 2. The fourth-order valence-corrected chi connectivity index (χ4v) is 3.30. The van der Waals surface area contributed by atoms with Gasteiger partial charge in [0.25, 0.3) is 0 Å². The number of nitrogens with one attached hydrogen (secondary N) is 2. The third-order valence-electron chi connectivity index (χ3n) is 5.22. The molecular weight excluding hydrogens is 330 g/mol. The molecule has 1 heterocycles. The van der Waals surface area contributed by atoms with Crippen LogP contribution in [-0.2, 0) is 20.7 Å². The number of carbonyl (C=O) groups is 2. The molecule has 142 valence electrons. The lowest BCUT2D eigenvalue weighted by molar-refractivity contribution is -0.132. The highest BCUT2D eigenvalue weighted by molar-refractivity contribution is 5.89. The van der Waals surface area contributed by atoms with Gasteiger partial charge in [0, 0.05) is 38.5 Å². The highest BCUT2D eigenvalue weighted by Crippen LogP contribution is 2.26. The first-order chi connectivity index (χ1) is 12.7. The maximum atomic E-state index is 12.7. The second-order valence-corrected chi connectivity index (χ2v) is 7.12. The average Bonchev–Trinajstić information content (AvgIpc) is 2.61. The molecule has 1 aliphatic heterocycles. The van der Waals surface area contributed by atoms with E-state index in [4.69, 9.17) is 4.74 Å². The molecule has 0 spiro atoms. The summed E-state index contributed by atoms with van der Waals surface area (Å²) in [6.45, 7) is 4.71. The van der Waals surface area contributed by atoms with Gasteiger partial charge in [-0.3, -0.25) is 14.5 Å². The number of hydrogen-bond donors (Lipinski definition) is 2. The topological polar surface area (TPSA) is 70.7 Å². The molecule has 1 aromatic rings. The first-order valence-corrected chi connectivity index (χ1v) is 9.64. The molecule has 2 aliphatic rings. The maximum absolute atomic E-state index is 12.7. The van der Waals surface area contributed by atoms with Crippen LogP contribution in [0.5, 0.6) is 0 Å². The molecule has 2 N–H and O–H groups in total. The Balaban J connectivity index is 1.52. The third kappa shape index (κ3) is 5.54. The molecule has 1 saturated heterocycles. The predicted octanol–water partition coefficient (Wildman–Crippen LogP) is 0.962. The number of benzene rings is 1. The Hall–Kier alpha value is -1.92. The van der Waals surface area contributed by atoms with Crippen LogP contribution in [0.1, 0.15) is 24.8 Å². The van der Waals surface area contributed by atoms with Crippen LogP contribution in [0.3, 0.4) is 0 Å². The van der Waals surface area contributed by atoms with E-state index in [-0.39, 0.29) is 17.7 Å². The van der Waals surface area contributed by atoms with E-state index < -0.39 is 6.04 Å². The van der Waals surface area contributed by atoms with E-state index in [9.17, 15) is 9.59 Å². The van der Waals surface area contributed by atoms with E-state index in [1.165, 1.54) is 0 Å². The molecule has 1 atom stereocenters. The van der Waals surface area contributed by atoms with Crippen molar-refractivity contribution in [2.75, 3.05) is 39.4 Å². The zero-order chi connectivity index (χ0) is 18.2.